The molecule has 1 aliphatic heterocycles. The number of carbonyl (C=O) groups excluding carboxylic acids is 1. The Morgan fingerprint density at radius 1 is 1.38 bits per heavy atom. The Morgan fingerprint density at radius 3 is 2.71 bits per heavy atom. The molecule has 1 heterocycles. The van der Waals surface area contributed by atoms with E-state index in [1.54, 1.807) is 12.0 Å². The van der Waals surface area contributed by atoms with Crippen molar-refractivity contribution in [3.63, 3.8) is 0 Å². The third-order valence-corrected chi connectivity index (χ3v) is 4.54. The Labute approximate surface area is 128 Å². The van der Waals surface area contributed by atoms with E-state index in [0.29, 0.717) is 25.3 Å². The number of piperidine rings is 1. The van der Waals surface area contributed by atoms with Gasteiger partial charge in [0.25, 0.3) is 0 Å². The molecule has 0 radical (unpaired) electrons. The first kappa shape index (κ1) is 15.7. The molecule has 0 saturated carbocycles. The molecule has 1 aromatic carbocycles. The number of hydrogen-bond donors (Lipinski definition) is 1. The Hall–Kier alpha value is -1.69. The van der Waals surface area contributed by atoms with Crippen LogP contribution < -0.4 is 4.74 Å². The Balaban J connectivity index is 1.84. The van der Waals surface area contributed by atoms with Crippen molar-refractivity contribution < 1.29 is 19.4 Å². The number of nitrogens with zero attached hydrogens (tertiary/aromatic N) is 1. The molecule has 1 aromatic rings. The molecule has 114 valence electrons. The van der Waals surface area contributed by atoms with E-state index < -0.39 is 11.9 Å². The Kier molecular flexibility index (Phi) is 5.50. The van der Waals surface area contributed by atoms with Gasteiger partial charge in [0.2, 0.25) is 5.91 Å². The SMILES string of the molecule is COc1ccc(SCC(=O)N2CCC[C@H](C(=O)O)C2)cc1. The van der Waals surface area contributed by atoms with Gasteiger partial charge < -0.3 is 14.7 Å². The van der Waals surface area contributed by atoms with Crippen LogP contribution >= 0.6 is 11.8 Å². The first-order valence-electron chi connectivity index (χ1n) is 6.87. The number of thioether (sulfide) groups is 1. The molecular formula is C15H19NO4S. The number of rotatable bonds is 5. The van der Waals surface area contributed by atoms with E-state index in [1.165, 1.54) is 11.8 Å². The molecule has 5 nitrogen and oxygen atoms in total. The summed E-state index contributed by atoms with van der Waals surface area (Å²) in [5.74, 6) is -0.115. The fourth-order valence-electron chi connectivity index (χ4n) is 2.31. The van der Waals surface area contributed by atoms with E-state index in [4.69, 9.17) is 9.84 Å². The van der Waals surface area contributed by atoms with Crippen molar-refractivity contribution in [3.8, 4) is 5.75 Å². The molecule has 0 aromatic heterocycles. The zero-order chi connectivity index (χ0) is 15.2. The first-order chi connectivity index (χ1) is 10.1. The lowest BCUT2D eigenvalue weighted by Gasteiger charge is -2.30. The smallest absolute Gasteiger partial charge is 0.308 e. The summed E-state index contributed by atoms with van der Waals surface area (Å²) in [6, 6.07) is 7.53. The van der Waals surface area contributed by atoms with Gasteiger partial charge in [-0.25, -0.2) is 0 Å². The number of ether oxygens (including phenoxy) is 1. The highest BCUT2D eigenvalue weighted by atomic mass is 32.2. The quantitative estimate of drug-likeness (QED) is 0.844. The van der Waals surface area contributed by atoms with Crippen LogP contribution in [-0.4, -0.2) is 47.8 Å². The molecule has 1 atom stereocenters. The summed E-state index contributed by atoms with van der Waals surface area (Å²) >= 11 is 1.46. The topological polar surface area (TPSA) is 66.8 Å². The summed E-state index contributed by atoms with van der Waals surface area (Å²) in [7, 11) is 1.61. The lowest BCUT2D eigenvalue weighted by molar-refractivity contribution is -0.145. The van der Waals surface area contributed by atoms with Crippen LogP contribution in [0.1, 0.15) is 12.8 Å². The second-order valence-corrected chi connectivity index (χ2v) is 6.03. The van der Waals surface area contributed by atoms with E-state index in [2.05, 4.69) is 0 Å². The van der Waals surface area contributed by atoms with Crippen molar-refractivity contribution in [2.75, 3.05) is 26.0 Å². The summed E-state index contributed by atoms with van der Waals surface area (Å²) in [4.78, 5) is 25.8. The third-order valence-electron chi connectivity index (χ3n) is 3.55. The molecule has 1 amide bonds. The number of amides is 1. The van der Waals surface area contributed by atoms with Crippen LogP contribution in [0, 0.1) is 5.92 Å². The number of benzene rings is 1. The third kappa shape index (κ3) is 4.39. The number of aliphatic carboxylic acids is 1. The van der Waals surface area contributed by atoms with Crippen LogP contribution in [0.4, 0.5) is 0 Å². The van der Waals surface area contributed by atoms with Gasteiger partial charge in [0, 0.05) is 18.0 Å². The van der Waals surface area contributed by atoms with Gasteiger partial charge >= 0.3 is 5.97 Å². The standard InChI is InChI=1S/C15H19NO4S/c1-20-12-4-6-13(7-5-12)21-10-14(17)16-8-2-3-11(9-16)15(18)19/h4-7,11H,2-3,8-10H2,1H3,(H,18,19)/t11-/m0/s1. The largest absolute Gasteiger partial charge is 0.497 e. The highest BCUT2D eigenvalue weighted by molar-refractivity contribution is 8.00. The lowest BCUT2D eigenvalue weighted by Crippen LogP contribution is -2.43. The predicted molar refractivity (Wildman–Crippen MR) is 80.7 cm³/mol. The number of carboxylic acids is 1. The van der Waals surface area contributed by atoms with Crippen LogP contribution in [0.25, 0.3) is 0 Å². The summed E-state index contributed by atoms with van der Waals surface area (Å²) in [5.41, 5.74) is 0. The molecule has 0 unspecified atom stereocenters. The predicted octanol–water partition coefficient (Wildman–Crippen LogP) is 2.11. The van der Waals surface area contributed by atoms with E-state index in [-0.39, 0.29) is 5.91 Å². The number of likely N-dealkylation sites (tertiary alicyclic amines) is 1. The van der Waals surface area contributed by atoms with Crippen LogP contribution in [0.15, 0.2) is 29.2 Å². The molecule has 1 saturated heterocycles. The first-order valence-corrected chi connectivity index (χ1v) is 7.86. The zero-order valence-electron chi connectivity index (χ0n) is 11.9. The molecule has 0 bridgehead atoms. The van der Waals surface area contributed by atoms with Crippen molar-refractivity contribution in [2.45, 2.75) is 17.7 Å². The molecule has 6 heteroatoms. The highest BCUT2D eigenvalue weighted by Gasteiger charge is 2.27. The van der Waals surface area contributed by atoms with Crippen LogP contribution in [-0.2, 0) is 9.59 Å². The van der Waals surface area contributed by atoms with Gasteiger partial charge in [-0.2, -0.15) is 0 Å². The van der Waals surface area contributed by atoms with Gasteiger partial charge in [-0.3, -0.25) is 9.59 Å². The Morgan fingerprint density at radius 2 is 2.10 bits per heavy atom. The average Bonchev–Trinajstić information content (AvgIpc) is 2.53. The van der Waals surface area contributed by atoms with E-state index in [0.717, 1.165) is 17.1 Å². The lowest BCUT2D eigenvalue weighted by atomic mass is 9.98. The molecule has 1 N–H and O–H groups in total. The maximum absolute atomic E-state index is 12.2. The molecule has 1 aliphatic rings. The molecular weight excluding hydrogens is 290 g/mol. The maximum atomic E-state index is 12.2. The summed E-state index contributed by atoms with van der Waals surface area (Å²) in [6.07, 6.45) is 1.42. The normalized spacial score (nSPS) is 18.3. The summed E-state index contributed by atoms with van der Waals surface area (Å²) in [5, 5.41) is 9.04. The van der Waals surface area contributed by atoms with Crippen molar-refractivity contribution in [1.82, 2.24) is 4.90 Å². The Bertz CT molecular complexity index is 503. The fourth-order valence-corrected chi connectivity index (χ4v) is 3.11. The maximum Gasteiger partial charge on any atom is 0.308 e. The van der Waals surface area contributed by atoms with E-state index in [9.17, 15) is 9.59 Å². The van der Waals surface area contributed by atoms with Gasteiger partial charge in [-0.1, -0.05) is 0 Å². The van der Waals surface area contributed by atoms with Gasteiger partial charge in [0.1, 0.15) is 5.75 Å². The van der Waals surface area contributed by atoms with E-state index in [1.807, 2.05) is 24.3 Å². The zero-order valence-corrected chi connectivity index (χ0v) is 12.8. The molecule has 0 spiro atoms. The molecule has 2 rings (SSSR count). The average molecular weight is 309 g/mol. The highest BCUT2D eigenvalue weighted by Crippen LogP contribution is 2.23. The summed E-state index contributed by atoms with van der Waals surface area (Å²) < 4.78 is 5.08. The van der Waals surface area contributed by atoms with Crippen LogP contribution in [0.5, 0.6) is 5.75 Å². The summed E-state index contributed by atoms with van der Waals surface area (Å²) in [6.45, 7) is 0.989. The minimum atomic E-state index is -0.810. The fraction of sp³-hybridized carbons (Fsp3) is 0.467. The number of hydrogen-bond acceptors (Lipinski definition) is 4. The van der Waals surface area contributed by atoms with Crippen LogP contribution in [0.2, 0.25) is 0 Å². The minimum absolute atomic E-state index is 0.00164. The number of methoxy groups -OCH3 is 1. The molecule has 21 heavy (non-hydrogen) atoms. The minimum Gasteiger partial charge on any atom is -0.497 e. The molecule has 0 aliphatic carbocycles. The van der Waals surface area contributed by atoms with E-state index >= 15 is 0 Å². The van der Waals surface area contributed by atoms with Gasteiger partial charge in [0.05, 0.1) is 18.8 Å². The monoisotopic (exact) mass is 309 g/mol. The van der Waals surface area contributed by atoms with Gasteiger partial charge in [0.15, 0.2) is 0 Å². The van der Waals surface area contributed by atoms with Crippen molar-refractivity contribution >= 4 is 23.6 Å². The van der Waals surface area contributed by atoms with Gasteiger partial charge in [-0.05, 0) is 37.1 Å². The van der Waals surface area contributed by atoms with Crippen molar-refractivity contribution in [1.29, 1.82) is 0 Å². The van der Waals surface area contributed by atoms with Crippen LogP contribution in [0.3, 0.4) is 0 Å². The van der Waals surface area contributed by atoms with Crippen molar-refractivity contribution in [2.24, 2.45) is 5.92 Å². The second kappa shape index (κ2) is 7.36. The molecule has 1 fully saturated rings. The van der Waals surface area contributed by atoms with Gasteiger partial charge in [-0.15, -0.1) is 11.8 Å². The second-order valence-electron chi connectivity index (χ2n) is 4.98. The number of carboxylic acid groups (broad SMARTS) is 1. The van der Waals surface area contributed by atoms with Crippen molar-refractivity contribution in [3.05, 3.63) is 24.3 Å². The number of carbonyl (C=O) groups is 2.